The van der Waals surface area contributed by atoms with Gasteiger partial charge in [0.05, 0.1) is 5.69 Å². The molecule has 1 rings (SSSR count). The number of halogens is 4. The van der Waals surface area contributed by atoms with E-state index in [9.17, 15) is 17.6 Å². The molecular formula is C9H9F4NO. The highest BCUT2D eigenvalue weighted by atomic mass is 19.4. The van der Waals surface area contributed by atoms with Gasteiger partial charge in [-0.25, -0.2) is 4.39 Å². The van der Waals surface area contributed by atoms with Gasteiger partial charge in [-0.3, -0.25) is 0 Å². The van der Waals surface area contributed by atoms with Crippen molar-refractivity contribution < 1.29 is 22.3 Å². The van der Waals surface area contributed by atoms with Crippen LogP contribution in [0.1, 0.15) is 0 Å². The molecule has 0 bridgehead atoms. The van der Waals surface area contributed by atoms with E-state index >= 15 is 0 Å². The topological polar surface area (TPSA) is 35.2 Å². The number of anilines is 1. The molecule has 15 heavy (non-hydrogen) atoms. The number of nitrogens with two attached hydrogens (primary N) is 1. The smallest absolute Gasteiger partial charge is 0.423 e. The zero-order valence-corrected chi connectivity index (χ0v) is 7.59. The Morgan fingerprint density at radius 1 is 1.27 bits per heavy atom. The molecule has 2 nitrogen and oxygen atoms in total. The minimum absolute atomic E-state index is 0.0457. The van der Waals surface area contributed by atoms with Crippen molar-refractivity contribution in [1.82, 2.24) is 0 Å². The Morgan fingerprint density at radius 2 is 1.87 bits per heavy atom. The van der Waals surface area contributed by atoms with Crippen LogP contribution in [0.2, 0.25) is 0 Å². The molecule has 1 aromatic carbocycles. The molecule has 2 N–H and O–H groups in total. The minimum Gasteiger partial charge on any atom is -0.488 e. The third-order valence-corrected chi connectivity index (χ3v) is 1.66. The Kier molecular flexibility index (Phi) is 3.39. The molecule has 0 aromatic heterocycles. The predicted molar refractivity (Wildman–Crippen MR) is 47.3 cm³/mol. The molecule has 0 unspecified atom stereocenters. The Balaban J connectivity index is 2.55. The van der Waals surface area contributed by atoms with E-state index in [4.69, 9.17) is 5.73 Å². The van der Waals surface area contributed by atoms with Crippen molar-refractivity contribution in [2.24, 2.45) is 0 Å². The summed E-state index contributed by atoms with van der Waals surface area (Å²) in [4.78, 5) is 0. The van der Waals surface area contributed by atoms with Crippen molar-refractivity contribution in [1.29, 1.82) is 0 Å². The van der Waals surface area contributed by atoms with E-state index in [0.29, 0.717) is 0 Å². The lowest BCUT2D eigenvalue weighted by atomic mass is 10.3. The molecule has 84 valence electrons. The van der Waals surface area contributed by atoms with Gasteiger partial charge in [-0.2, -0.15) is 13.2 Å². The molecule has 1 aromatic rings. The average molecular weight is 223 g/mol. The van der Waals surface area contributed by atoms with Gasteiger partial charge in [-0.05, 0) is 12.1 Å². The van der Waals surface area contributed by atoms with Crippen LogP contribution in [0.5, 0.6) is 5.75 Å². The average Bonchev–Trinajstić information content (AvgIpc) is 2.14. The van der Waals surface area contributed by atoms with Crippen molar-refractivity contribution in [3.63, 3.8) is 0 Å². The fourth-order valence-corrected chi connectivity index (χ4v) is 0.869. The fourth-order valence-electron chi connectivity index (χ4n) is 0.869. The van der Waals surface area contributed by atoms with Crippen LogP contribution in [-0.4, -0.2) is 19.0 Å². The van der Waals surface area contributed by atoms with Crippen molar-refractivity contribution in [3.8, 4) is 5.75 Å². The number of para-hydroxylation sites is 2. The van der Waals surface area contributed by atoms with Gasteiger partial charge in [0, 0.05) is 0 Å². The molecule has 0 heterocycles. The zero-order chi connectivity index (χ0) is 11.5. The van der Waals surface area contributed by atoms with Crippen LogP contribution in [0.4, 0.5) is 23.2 Å². The summed E-state index contributed by atoms with van der Waals surface area (Å²) in [5.74, 6) is 0.0457. The highest BCUT2D eigenvalue weighted by Gasteiger charge is 2.40. The van der Waals surface area contributed by atoms with Crippen LogP contribution in [-0.2, 0) is 0 Å². The first-order valence-electron chi connectivity index (χ1n) is 4.09. The SMILES string of the molecule is Nc1ccccc1OC[C@H](F)C(F)(F)F. The predicted octanol–water partition coefficient (Wildman–Crippen LogP) is 2.55. The molecule has 0 radical (unpaired) electrons. The van der Waals surface area contributed by atoms with Crippen LogP contribution in [0.15, 0.2) is 24.3 Å². The van der Waals surface area contributed by atoms with Gasteiger partial charge < -0.3 is 10.5 Å². The maximum atomic E-state index is 12.4. The van der Waals surface area contributed by atoms with Crippen molar-refractivity contribution in [3.05, 3.63) is 24.3 Å². The van der Waals surface area contributed by atoms with Crippen LogP contribution in [0.3, 0.4) is 0 Å². The van der Waals surface area contributed by atoms with E-state index in [1.54, 1.807) is 6.07 Å². The number of benzene rings is 1. The van der Waals surface area contributed by atoms with Crippen LogP contribution in [0.25, 0.3) is 0 Å². The van der Waals surface area contributed by atoms with E-state index in [-0.39, 0.29) is 11.4 Å². The minimum atomic E-state index is -4.90. The Labute approximate surface area is 83.6 Å². The molecule has 6 heteroatoms. The normalized spacial score (nSPS) is 13.6. The summed E-state index contributed by atoms with van der Waals surface area (Å²) in [5.41, 5.74) is 5.56. The Hall–Kier alpha value is -1.46. The van der Waals surface area contributed by atoms with Crippen molar-refractivity contribution in [2.75, 3.05) is 12.3 Å². The van der Waals surface area contributed by atoms with Gasteiger partial charge >= 0.3 is 6.18 Å². The van der Waals surface area contributed by atoms with Gasteiger partial charge in [0.25, 0.3) is 0 Å². The first-order chi connectivity index (χ1) is 6.91. The Bertz CT molecular complexity index is 326. The van der Waals surface area contributed by atoms with Crippen LogP contribution in [0, 0.1) is 0 Å². The molecule has 0 saturated carbocycles. The summed E-state index contributed by atoms with van der Waals surface area (Å²) < 4.78 is 52.3. The monoisotopic (exact) mass is 223 g/mol. The summed E-state index contributed by atoms with van der Waals surface area (Å²) in [6.07, 6.45) is -7.90. The number of hydrogen-bond acceptors (Lipinski definition) is 2. The summed E-state index contributed by atoms with van der Waals surface area (Å²) in [6, 6.07) is 5.96. The van der Waals surface area contributed by atoms with E-state index < -0.39 is 19.0 Å². The number of hydrogen-bond donors (Lipinski definition) is 1. The Morgan fingerprint density at radius 3 is 2.40 bits per heavy atom. The highest BCUT2D eigenvalue weighted by Crippen LogP contribution is 2.25. The van der Waals surface area contributed by atoms with Gasteiger partial charge in [-0.15, -0.1) is 0 Å². The summed E-state index contributed by atoms with van der Waals surface area (Å²) in [6.45, 7) is -1.09. The standard InChI is InChI=1S/C9H9F4NO/c10-8(9(11,12)13)5-15-7-4-2-1-3-6(7)14/h1-4,8H,5,14H2/t8-/m0/s1. The van der Waals surface area contributed by atoms with Crippen LogP contribution >= 0.6 is 0 Å². The van der Waals surface area contributed by atoms with Gasteiger partial charge in [0.2, 0.25) is 6.17 Å². The molecule has 0 aliphatic carbocycles. The number of ether oxygens (including phenoxy) is 1. The lowest BCUT2D eigenvalue weighted by Gasteiger charge is -2.14. The van der Waals surface area contributed by atoms with Crippen molar-refractivity contribution in [2.45, 2.75) is 12.3 Å². The number of nitrogen functional groups attached to an aromatic ring is 1. The molecule has 0 spiro atoms. The molecule has 0 fully saturated rings. The zero-order valence-electron chi connectivity index (χ0n) is 7.59. The highest BCUT2D eigenvalue weighted by molar-refractivity contribution is 5.51. The molecule has 1 atom stereocenters. The first-order valence-corrected chi connectivity index (χ1v) is 4.09. The molecule has 0 aliphatic rings. The maximum absolute atomic E-state index is 12.4. The molecule has 0 saturated heterocycles. The molecule has 0 amide bonds. The van der Waals surface area contributed by atoms with E-state index in [1.807, 2.05) is 0 Å². The lowest BCUT2D eigenvalue weighted by molar-refractivity contribution is -0.187. The van der Waals surface area contributed by atoms with Gasteiger partial charge in [0.15, 0.2) is 0 Å². The van der Waals surface area contributed by atoms with E-state index in [2.05, 4.69) is 4.74 Å². The second-order valence-electron chi connectivity index (χ2n) is 2.86. The first kappa shape index (κ1) is 11.6. The third kappa shape index (κ3) is 3.30. The lowest BCUT2D eigenvalue weighted by Crippen LogP contribution is -2.30. The molecule has 0 aliphatic heterocycles. The summed E-state index contributed by atoms with van der Waals surface area (Å²) >= 11 is 0. The van der Waals surface area contributed by atoms with Crippen molar-refractivity contribution >= 4 is 5.69 Å². The quantitative estimate of drug-likeness (QED) is 0.631. The maximum Gasteiger partial charge on any atom is 0.423 e. The largest absolute Gasteiger partial charge is 0.488 e. The second-order valence-corrected chi connectivity index (χ2v) is 2.86. The van der Waals surface area contributed by atoms with E-state index in [0.717, 1.165) is 0 Å². The molecular weight excluding hydrogens is 214 g/mol. The fraction of sp³-hybridized carbons (Fsp3) is 0.333. The summed E-state index contributed by atoms with van der Waals surface area (Å²) in [7, 11) is 0. The van der Waals surface area contributed by atoms with Gasteiger partial charge in [-0.1, -0.05) is 12.1 Å². The third-order valence-electron chi connectivity index (χ3n) is 1.66. The second kappa shape index (κ2) is 4.37. The van der Waals surface area contributed by atoms with Gasteiger partial charge in [0.1, 0.15) is 12.4 Å². The number of alkyl halides is 4. The van der Waals surface area contributed by atoms with E-state index in [1.165, 1.54) is 18.2 Å². The summed E-state index contributed by atoms with van der Waals surface area (Å²) in [5, 5.41) is 0. The number of rotatable bonds is 3. The van der Waals surface area contributed by atoms with Crippen LogP contribution < -0.4 is 10.5 Å².